The minimum absolute atomic E-state index is 0.215. The molecule has 2 nitrogen and oxygen atoms in total. The fraction of sp³-hybridized carbons (Fsp3) is 0.182. The summed E-state index contributed by atoms with van der Waals surface area (Å²) in [4.78, 5) is 0. The second-order valence-electron chi connectivity index (χ2n) is 3.32. The van der Waals surface area contributed by atoms with Gasteiger partial charge in [-0.2, -0.15) is 5.10 Å². The van der Waals surface area contributed by atoms with Gasteiger partial charge in [0, 0.05) is 11.3 Å². The molecule has 0 atom stereocenters. The highest BCUT2D eigenvalue weighted by Gasteiger charge is 2.08. The first-order valence-electron chi connectivity index (χ1n) is 4.46. The largest absolute Gasteiger partial charge is 0.282 e. The van der Waals surface area contributed by atoms with Crippen molar-refractivity contribution in [2.75, 3.05) is 0 Å². The molecular weight excluding hydrogens is 179 g/mol. The van der Waals surface area contributed by atoms with Crippen LogP contribution in [0.2, 0.25) is 0 Å². The van der Waals surface area contributed by atoms with Crippen molar-refractivity contribution in [3.05, 3.63) is 41.5 Å². The van der Waals surface area contributed by atoms with Gasteiger partial charge in [-0.1, -0.05) is 12.1 Å². The highest BCUT2D eigenvalue weighted by molar-refractivity contribution is 5.67. The summed E-state index contributed by atoms with van der Waals surface area (Å²) in [5, 5.41) is 7.00. The van der Waals surface area contributed by atoms with Crippen LogP contribution in [0.3, 0.4) is 0 Å². The number of aromatic nitrogens is 2. The molecule has 0 amide bonds. The maximum atomic E-state index is 12.7. The maximum Gasteiger partial charge on any atom is 0.123 e. The number of nitrogens with one attached hydrogen (secondary N) is 1. The molecular formula is C11H11FN2. The SMILES string of the molecule is Cc1n[nH]c(C)c1-c1ccc(F)cc1. The molecule has 0 spiro atoms. The Kier molecular flexibility index (Phi) is 2.08. The van der Waals surface area contributed by atoms with Gasteiger partial charge in [-0.15, -0.1) is 0 Å². The van der Waals surface area contributed by atoms with Crippen molar-refractivity contribution in [1.82, 2.24) is 10.2 Å². The Morgan fingerprint density at radius 3 is 2.29 bits per heavy atom. The van der Waals surface area contributed by atoms with E-state index >= 15 is 0 Å². The summed E-state index contributed by atoms with van der Waals surface area (Å²) in [6.45, 7) is 3.89. The van der Waals surface area contributed by atoms with Gasteiger partial charge >= 0.3 is 0 Å². The van der Waals surface area contributed by atoms with Crippen LogP contribution in [0.1, 0.15) is 11.4 Å². The molecule has 1 aromatic heterocycles. The van der Waals surface area contributed by atoms with Crippen LogP contribution in [-0.4, -0.2) is 10.2 Å². The Balaban J connectivity index is 2.54. The summed E-state index contributed by atoms with van der Waals surface area (Å²) < 4.78 is 12.7. The number of hydrogen-bond acceptors (Lipinski definition) is 1. The van der Waals surface area contributed by atoms with Gasteiger partial charge in [0.2, 0.25) is 0 Å². The molecule has 0 aliphatic carbocycles. The van der Waals surface area contributed by atoms with Crippen molar-refractivity contribution in [3.63, 3.8) is 0 Å². The van der Waals surface area contributed by atoms with Gasteiger partial charge in [0.05, 0.1) is 5.69 Å². The normalized spacial score (nSPS) is 10.5. The predicted molar refractivity (Wildman–Crippen MR) is 53.5 cm³/mol. The Labute approximate surface area is 81.8 Å². The van der Waals surface area contributed by atoms with Gasteiger partial charge in [-0.05, 0) is 31.5 Å². The highest BCUT2D eigenvalue weighted by atomic mass is 19.1. The molecule has 0 fully saturated rings. The van der Waals surface area contributed by atoms with Crippen molar-refractivity contribution >= 4 is 0 Å². The zero-order valence-electron chi connectivity index (χ0n) is 8.13. The topological polar surface area (TPSA) is 28.7 Å². The number of aromatic amines is 1. The second-order valence-corrected chi connectivity index (χ2v) is 3.32. The lowest BCUT2D eigenvalue weighted by Crippen LogP contribution is -1.82. The van der Waals surface area contributed by atoms with Crippen molar-refractivity contribution < 1.29 is 4.39 Å². The van der Waals surface area contributed by atoms with Crippen LogP contribution in [0.4, 0.5) is 4.39 Å². The van der Waals surface area contributed by atoms with Gasteiger partial charge in [-0.25, -0.2) is 4.39 Å². The number of H-pyrrole nitrogens is 1. The molecule has 1 heterocycles. The third-order valence-corrected chi connectivity index (χ3v) is 2.26. The summed E-state index contributed by atoms with van der Waals surface area (Å²) in [7, 11) is 0. The number of rotatable bonds is 1. The molecule has 0 bridgehead atoms. The van der Waals surface area contributed by atoms with Crippen molar-refractivity contribution in [3.8, 4) is 11.1 Å². The lowest BCUT2D eigenvalue weighted by Gasteiger charge is -2.00. The summed E-state index contributed by atoms with van der Waals surface area (Å²) in [6.07, 6.45) is 0. The molecule has 2 aromatic rings. The van der Waals surface area contributed by atoms with E-state index in [2.05, 4.69) is 10.2 Å². The monoisotopic (exact) mass is 190 g/mol. The molecule has 72 valence electrons. The van der Waals surface area contributed by atoms with E-state index in [-0.39, 0.29) is 5.82 Å². The van der Waals surface area contributed by atoms with Crippen LogP contribution in [0.15, 0.2) is 24.3 Å². The van der Waals surface area contributed by atoms with Gasteiger partial charge in [0.15, 0.2) is 0 Å². The molecule has 1 N–H and O–H groups in total. The lowest BCUT2D eigenvalue weighted by molar-refractivity contribution is 0.628. The maximum absolute atomic E-state index is 12.7. The van der Waals surface area contributed by atoms with E-state index in [1.54, 1.807) is 12.1 Å². The minimum atomic E-state index is -0.215. The molecule has 0 radical (unpaired) electrons. The summed E-state index contributed by atoms with van der Waals surface area (Å²) in [5.74, 6) is -0.215. The van der Waals surface area contributed by atoms with Gasteiger partial charge in [0.1, 0.15) is 5.82 Å². The minimum Gasteiger partial charge on any atom is -0.282 e. The molecule has 14 heavy (non-hydrogen) atoms. The van der Waals surface area contributed by atoms with Crippen LogP contribution >= 0.6 is 0 Å². The van der Waals surface area contributed by atoms with Crippen LogP contribution in [0, 0.1) is 19.7 Å². The fourth-order valence-electron chi connectivity index (χ4n) is 1.59. The zero-order valence-corrected chi connectivity index (χ0v) is 8.13. The Hall–Kier alpha value is -1.64. The van der Waals surface area contributed by atoms with Crippen LogP contribution in [-0.2, 0) is 0 Å². The van der Waals surface area contributed by atoms with Crippen molar-refractivity contribution in [2.45, 2.75) is 13.8 Å². The lowest BCUT2D eigenvalue weighted by atomic mass is 10.0. The van der Waals surface area contributed by atoms with E-state index in [0.29, 0.717) is 0 Å². The van der Waals surface area contributed by atoms with Crippen LogP contribution in [0.5, 0.6) is 0 Å². The summed E-state index contributed by atoms with van der Waals surface area (Å²) in [6, 6.07) is 6.45. The first-order valence-corrected chi connectivity index (χ1v) is 4.46. The van der Waals surface area contributed by atoms with Crippen molar-refractivity contribution in [2.24, 2.45) is 0 Å². The molecule has 0 saturated heterocycles. The molecule has 0 aliphatic rings. The number of aryl methyl sites for hydroxylation is 2. The predicted octanol–water partition coefficient (Wildman–Crippen LogP) is 2.83. The number of benzene rings is 1. The van der Waals surface area contributed by atoms with Gasteiger partial charge in [-0.3, -0.25) is 5.10 Å². The number of nitrogens with zero attached hydrogens (tertiary/aromatic N) is 1. The summed E-state index contributed by atoms with van der Waals surface area (Å²) >= 11 is 0. The molecule has 2 rings (SSSR count). The first-order chi connectivity index (χ1) is 6.68. The molecule has 0 unspecified atom stereocenters. The van der Waals surface area contributed by atoms with E-state index in [9.17, 15) is 4.39 Å². The third-order valence-electron chi connectivity index (χ3n) is 2.26. The standard InChI is InChI=1S/C11H11FN2/c1-7-11(8(2)14-13-7)9-3-5-10(12)6-4-9/h3-6H,1-2H3,(H,13,14). The smallest absolute Gasteiger partial charge is 0.123 e. The first kappa shape index (κ1) is 8.94. The van der Waals surface area contributed by atoms with Crippen LogP contribution < -0.4 is 0 Å². The average Bonchev–Trinajstić information content (AvgIpc) is 2.49. The fourth-order valence-corrected chi connectivity index (χ4v) is 1.59. The number of hydrogen-bond donors (Lipinski definition) is 1. The van der Waals surface area contributed by atoms with Gasteiger partial charge in [0.25, 0.3) is 0 Å². The zero-order chi connectivity index (χ0) is 10.1. The Bertz CT molecular complexity index is 423. The van der Waals surface area contributed by atoms with Gasteiger partial charge < -0.3 is 0 Å². The quantitative estimate of drug-likeness (QED) is 0.736. The second kappa shape index (κ2) is 3.25. The van der Waals surface area contributed by atoms with E-state index in [0.717, 1.165) is 22.5 Å². The molecule has 3 heteroatoms. The van der Waals surface area contributed by atoms with Crippen LogP contribution in [0.25, 0.3) is 11.1 Å². The molecule has 0 aliphatic heterocycles. The third kappa shape index (κ3) is 1.41. The average molecular weight is 190 g/mol. The molecule has 1 aromatic carbocycles. The summed E-state index contributed by atoms with van der Waals surface area (Å²) in [5.41, 5.74) is 4.00. The van der Waals surface area contributed by atoms with E-state index in [1.165, 1.54) is 12.1 Å². The molecule has 0 saturated carbocycles. The Morgan fingerprint density at radius 1 is 1.14 bits per heavy atom. The highest BCUT2D eigenvalue weighted by Crippen LogP contribution is 2.24. The van der Waals surface area contributed by atoms with E-state index < -0.39 is 0 Å². The Morgan fingerprint density at radius 2 is 1.79 bits per heavy atom. The van der Waals surface area contributed by atoms with Crippen molar-refractivity contribution in [1.29, 1.82) is 0 Å². The number of halogens is 1. The van der Waals surface area contributed by atoms with E-state index in [4.69, 9.17) is 0 Å². The van der Waals surface area contributed by atoms with E-state index in [1.807, 2.05) is 13.8 Å².